The summed E-state index contributed by atoms with van der Waals surface area (Å²) in [6.45, 7) is 2.05. The molecule has 106 valence electrons. The van der Waals surface area contributed by atoms with E-state index in [-0.39, 0.29) is 29.9 Å². The van der Waals surface area contributed by atoms with Crippen LogP contribution in [0.1, 0.15) is 31.7 Å². The molecular formula is C16H19NO3. The van der Waals surface area contributed by atoms with Gasteiger partial charge in [0.2, 0.25) is 5.91 Å². The van der Waals surface area contributed by atoms with Crippen LogP contribution in [-0.2, 0) is 20.9 Å². The number of esters is 1. The lowest BCUT2D eigenvalue weighted by Gasteiger charge is -2.48. The molecule has 4 nitrogen and oxygen atoms in total. The van der Waals surface area contributed by atoms with Crippen molar-refractivity contribution in [2.45, 2.75) is 44.9 Å². The molecule has 1 aromatic rings. The van der Waals surface area contributed by atoms with E-state index in [2.05, 4.69) is 0 Å². The molecule has 3 aliphatic rings. The Labute approximate surface area is 118 Å². The number of fused-ring (bicyclic) bond motifs is 3. The van der Waals surface area contributed by atoms with Gasteiger partial charge in [-0.15, -0.1) is 0 Å². The number of benzene rings is 1. The van der Waals surface area contributed by atoms with Crippen molar-refractivity contribution in [3.8, 4) is 0 Å². The second kappa shape index (κ2) is 5.27. The minimum Gasteiger partial charge on any atom is -0.460 e. The average molecular weight is 273 g/mol. The molecular weight excluding hydrogens is 254 g/mol. The zero-order chi connectivity index (χ0) is 14.1. The number of hydrogen-bond donors (Lipinski definition) is 0. The van der Waals surface area contributed by atoms with Gasteiger partial charge < -0.3 is 9.64 Å². The van der Waals surface area contributed by atoms with Crippen LogP contribution in [0.25, 0.3) is 0 Å². The smallest absolute Gasteiger partial charge is 0.302 e. The predicted octanol–water partition coefficient (Wildman–Crippen LogP) is 2.13. The third-order valence-electron chi connectivity index (χ3n) is 4.30. The van der Waals surface area contributed by atoms with Crippen molar-refractivity contribution in [2.24, 2.45) is 5.92 Å². The lowest BCUT2D eigenvalue weighted by atomic mass is 9.77. The van der Waals surface area contributed by atoms with Gasteiger partial charge in [-0.1, -0.05) is 30.3 Å². The van der Waals surface area contributed by atoms with Crippen LogP contribution >= 0.6 is 0 Å². The Kier molecular flexibility index (Phi) is 3.47. The highest BCUT2D eigenvalue weighted by atomic mass is 16.5. The van der Waals surface area contributed by atoms with E-state index in [1.807, 2.05) is 35.2 Å². The first kappa shape index (κ1) is 13.2. The molecule has 1 amide bonds. The maximum atomic E-state index is 12.4. The Morgan fingerprint density at radius 3 is 2.75 bits per heavy atom. The maximum Gasteiger partial charge on any atom is 0.302 e. The zero-order valence-corrected chi connectivity index (χ0v) is 11.6. The van der Waals surface area contributed by atoms with Gasteiger partial charge in [-0.3, -0.25) is 9.59 Å². The minimum atomic E-state index is -0.255. The number of carbonyl (C=O) groups excluding carboxylic acids is 2. The third-order valence-corrected chi connectivity index (χ3v) is 4.30. The lowest BCUT2D eigenvalue weighted by Crippen LogP contribution is -2.59. The van der Waals surface area contributed by atoms with Crippen molar-refractivity contribution in [1.82, 2.24) is 4.90 Å². The van der Waals surface area contributed by atoms with Crippen molar-refractivity contribution in [3.05, 3.63) is 35.9 Å². The van der Waals surface area contributed by atoms with Crippen LogP contribution < -0.4 is 0 Å². The highest BCUT2D eigenvalue weighted by molar-refractivity contribution is 5.81. The number of nitrogens with zero attached hydrogens (tertiary/aromatic N) is 1. The molecule has 0 spiro atoms. The van der Waals surface area contributed by atoms with Crippen molar-refractivity contribution in [3.63, 3.8) is 0 Å². The van der Waals surface area contributed by atoms with Crippen molar-refractivity contribution < 1.29 is 14.3 Å². The zero-order valence-electron chi connectivity index (χ0n) is 11.6. The molecule has 4 heteroatoms. The second-order valence-electron chi connectivity index (χ2n) is 5.68. The molecule has 0 radical (unpaired) electrons. The summed E-state index contributed by atoms with van der Waals surface area (Å²) in [6.07, 6.45) is 2.41. The van der Waals surface area contributed by atoms with Crippen molar-refractivity contribution in [1.29, 1.82) is 0 Å². The SMILES string of the molecule is CC(=O)O[C@H]1C[C@@H]2CC[C@@H]1N(Cc1ccccc1)C2=O. The minimum absolute atomic E-state index is 0.0214. The highest BCUT2D eigenvalue weighted by Gasteiger charge is 2.47. The van der Waals surface area contributed by atoms with Gasteiger partial charge in [0.05, 0.1) is 6.04 Å². The molecule has 2 saturated heterocycles. The van der Waals surface area contributed by atoms with Crippen LogP contribution in [0.2, 0.25) is 0 Å². The molecule has 0 N–H and O–H groups in total. The summed E-state index contributed by atoms with van der Waals surface area (Å²) in [5, 5.41) is 0. The molecule has 4 rings (SSSR count). The first-order chi connectivity index (χ1) is 9.65. The first-order valence-electron chi connectivity index (χ1n) is 7.17. The molecule has 1 saturated carbocycles. The molecule has 1 aromatic carbocycles. The summed E-state index contributed by atoms with van der Waals surface area (Å²) in [7, 11) is 0. The standard InChI is InChI=1S/C16H19NO3/c1-11(18)20-15-9-13-7-8-14(15)17(16(13)19)10-12-5-3-2-4-6-12/h2-6,13-15H,7-10H2,1H3/t13-,14-,15-/m0/s1. The van der Waals surface area contributed by atoms with E-state index in [4.69, 9.17) is 4.74 Å². The fourth-order valence-corrected chi connectivity index (χ4v) is 3.41. The van der Waals surface area contributed by atoms with Gasteiger partial charge >= 0.3 is 5.97 Å². The maximum absolute atomic E-state index is 12.4. The van der Waals surface area contributed by atoms with E-state index in [1.54, 1.807) is 0 Å². The van der Waals surface area contributed by atoms with Crippen LogP contribution in [0.5, 0.6) is 0 Å². The molecule has 2 aliphatic heterocycles. The third kappa shape index (κ3) is 2.42. The predicted molar refractivity (Wildman–Crippen MR) is 73.7 cm³/mol. The van der Waals surface area contributed by atoms with Gasteiger partial charge in [0, 0.05) is 19.4 Å². The summed E-state index contributed by atoms with van der Waals surface area (Å²) in [5.41, 5.74) is 1.12. The Hall–Kier alpha value is -1.84. The molecule has 0 unspecified atom stereocenters. The van der Waals surface area contributed by atoms with E-state index < -0.39 is 0 Å². The quantitative estimate of drug-likeness (QED) is 0.793. The Morgan fingerprint density at radius 2 is 2.05 bits per heavy atom. The number of rotatable bonds is 3. The second-order valence-corrected chi connectivity index (χ2v) is 5.68. The Balaban J connectivity index is 1.78. The summed E-state index contributed by atoms with van der Waals surface area (Å²) in [5.74, 6) is -0.0174. The molecule has 2 heterocycles. The number of piperidine rings is 2. The highest BCUT2D eigenvalue weighted by Crippen LogP contribution is 2.38. The van der Waals surface area contributed by atoms with Crippen LogP contribution in [0, 0.1) is 5.92 Å². The van der Waals surface area contributed by atoms with E-state index in [1.165, 1.54) is 6.92 Å². The van der Waals surface area contributed by atoms with Gasteiger partial charge in [0.25, 0.3) is 0 Å². The summed E-state index contributed by atoms with van der Waals surface area (Å²) < 4.78 is 5.41. The monoisotopic (exact) mass is 273 g/mol. The van der Waals surface area contributed by atoms with Gasteiger partial charge in [-0.25, -0.2) is 0 Å². The molecule has 20 heavy (non-hydrogen) atoms. The molecule has 3 fully saturated rings. The lowest BCUT2D eigenvalue weighted by molar-refractivity contribution is -0.171. The van der Waals surface area contributed by atoms with Gasteiger partial charge in [-0.2, -0.15) is 0 Å². The topological polar surface area (TPSA) is 46.6 Å². The Bertz CT molecular complexity index is 514. The summed E-state index contributed by atoms with van der Waals surface area (Å²) >= 11 is 0. The average Bonchev–Trinajstić information content (AvgIpc) is 2.44. The molecule has 2 bridgehead atoms. The van der Waals surface area contributed by atoms with Crippen LogP contribution in [0.15, 0.2) is 30.3 Å². The number of carbonyl (C=O) groups is 2. The van der Waals surface area contributed by atoms with Crippen molar-refractivity contribution >= 4 is 11.9 Å². The van der Waals surface area contributed by atoms with E-state index >= 15 is 0 Å². The van der Waals surface area contributed by atoms with Gasteiger partial charge in [0.15, 0.2) is 0 Å². The van der Waals surface area contributed by atoms with Gasteiger partial charge in [-0.05, 0) is 24.8 Å². The molecule has 0 aromatic heterocycles. The summed E-state index contributed by atoms with van der Waals surface area (Å²) in [4.78, 5) is 25.5. The van der Waals surface area contributed by atoms with Crippen LogP contribution in [0.3, 0.4) is 0 Å². The van der Waals surface area contributed by atoms with Crippen molar-refractivity contribution in [2.75, 3.05) is 0 Å². The van der Waals surface area contributed by atoms with Crippen LogP contribution in [-0.4, -0.2) is 28.9 Å². The van der Waals surface area contributed by atoms with E-state index in [0.717, 1.165) is 18.4 Å². The number of ether oxygens (including phenoxy) is 1. The molecule has 3 atom stereocenters. The Morgan fingerprint density at radius 1 is 1.30 bits per heavy atom. The summed E-state index contributed by atoms with van der Waals surface area (Å²) in [6, 6.07) is 10.0. The molecule has 1 aliphatic carbocycles. The number of hydrogen-bond acceptors (Lipinski definition) is 3. The van der Waals surface area contributed by atoms with E-state index in [0.29, 0.717) is 13.0 Å². The fourth-order valence-electron chi connectivity index (χ4n) is 3.41. The normalized spacial score (nSPS) is 28.6. The van der Waals surface area contributed by atoms with Crippen LogP contribution in [0.4, 0.5) is 0 Å². The first-order valence-corrected chi connectivity index (χ1v) is 7.17. The fraction of sp³-hybridized carbons (Fsp3) is 0.500. The number of amides is 1. The largest absolute Gasteiger partial charge is 0.460 e. The van der Waals surface area contributed by atoms with Gasteiger partial charge in [0.1, 0.15) is 6.10 Å². The van der Waals surface area contributed by atoms with E-state index in [9.17, 15) is 9.59 Å².